The predicted molar refractivity (Wildman–Crippen MR) is 52.0 cm³/mol. The van der Waals surface area contributed by atoms with E-state index in [2.05, 4.69) is 6.07 Å². The van der Waals surface area contributed by atoms with Crippen molar-refractivity contribution in [2.45, 2.75) is 5.92 Å². The lowest BCUT2D eigenvalue weighted by atomic mass is 9.94. The van der Waals surface area contributed by atoms with E-state index in [1.165, 1.54) is 0 Å². The summed E-state index contributed by atoms with van der Waals surface area (Å²) in [5.41, 5.74) is 7.16. The van der Waals surface area contributed by atoms with Gasteiger partial charge in [-0.15, -0.1) is 0 Å². The van der Waals surface area contributed by atoms with Crippen LogP contribution in [0.3, 0.4) is 0 Å². The average Bonchev–Trinajstić information content (AvgIpc) is 2.61. The van der Waals surface area contributed by atoms with Crippen LogP contribution in [0, 0.1) is 11.3 Å². The maximum absolute atomic E-state index is 8.90. The summed E-state index contributed by atoms with van der Waals surface area (Å²) >= 11 is 0. The molecule has 0 bridgehead atoms. The van der Waals surface area contributed by atoms with E-state index in [9.17, 15) is 0 Å². The summed E-state index contributed by atoms with van der Waals surface area (Å²) in [6, 6.07) is 11.9. The zero-order valence-electron chi connectivity index (χ0n) is 7.60. The highest BCUT2D eigenvalue weighted by atomic mass is 16.5. The van der Waals surface area contributed by atoms with Crippen molar-refractivity contribution >= 4 is 0 Å². The molecular formula is C11H10N2O. The molecule has 1 aromatic carbocycles. The molecule has 3 nitrogen and oxygen atoms in total. The number of benzene rings is 1. The molecule has 1 atom stereocenters. The van der Waals surface area contributed by atoms with Crippen molar-refractivity contribution in [1.29, 1.82) is 5.26 Å². The number of rotatable bonds is 1. The average molecular weight is 186 g/mol. The van der Waals surface area contributed by atoms with E-state index < -0.39 is 0 Å². The molecule has 0 fully saturated rings. The summed E-state index contributed by atoms with van der Waals surface area (Å²) in [4.78, 5) is 0. The Kier molecular flexibility index (Phi) is 2.11. The van der Waals surface area contributed by atoms with Gasteiger partial charge in [0.2, 0.25) is 0 Å². The van der Waals surface area contributed by atoms with E-state index in [0.29, 0.717) is 12.2 Å². The summed E-state index contributed by atoms with van der Waals surface area (Å²) in [6.07, 6.45) is 0. The fraction of sp³-hybridized carbons (Fsp3) is 0.182. The molecule has 3 heteroatoms. The minimum Gasteiger partial charge on any atom is -0.478 e. The first kappa shape index (κ1) is 8.64. The second kappa shape index (κ2) is 3.43. The van der Waals surface area contributed by atoms with Crippen molar-refractivity contribution < 1.29 is 4.74 Å². The first-order valence-electron chi connectivity index (χ1n) is 4.40. The molecule has 0 spiro atoms. The molecule has 0 radical (unpaired) electrons. The Morgan fingerprint density at radius 3 is 2.71 bits per heavy atom. The highest BCUT2D eigenvalue weighted by Crippen LogP contribution is 2.31. The van der Waals surface area contributed by atoms with E-state index in [1.54, 1.807) is 0 Å². The van der Waals surface area contributed by atoms with Gasteiger partial charge in [-0.2, -0.15) is 5.26 Å². The van der Waals surface area contributed by atoms with Crippen molar-refractivity contribution in [3.63, 3.8) is 0 Å². The van der Waals surface area contributed by atoms with Crippen molar-refractivity contribution in [2.24, 2.45) is 5.73 Å². The molecule has 0 unspecified atom stereocenters. The largest absolute Gasteiger partial charge is 0.478 e. The number of nitriles is 1. The summed E-state index contributed by atoms with van der Waals surface area (Å²) in [5, 5.41) is 8.90. The Bertz CT molecular complexity index is 403. The highest BCUT2D eigenvalue weighted by molar-refractivity contribution is 5.40. The van der Waals surface area contributed by atoms with Gasteiger partial charge in [0, 0.05) is 0 Å². The second-order valence-corrected chi connectivity index (χ2v) is 3.16. The van der Waals surface area contributed by atoms with Crippen LogP contribution in [-0.2, 0) is 4.74 Å². The van der Waals surface area contributed by atoms with E-state index in [0.717, 1.165) is 5.56 Å². The molecule has 14 heavy (non-hydrogen) atoms. The van der Waals surface area contributed by atoms with Crippen LogP contribution in [0.5, 0.6) is 0 Å². The van der Waals surface area contributed by atoms with Crippen LogP contribution >= 0.6 is 0 Å². The zero-order valence-corrected chi connectivity index (χ0v) is 7.60. The SMILES string of the molecule is N#CC1=C(N)OC[C@H]1c1ccccc1. The van der Waals surface area contributed by atoms with E-state index in [-0.39, 0.29) is 11.8 Å². The van der Waals surface area contributed by atoms with Gasteiger partial charge in [0.25, 0.3) is 0 Å². The van der Waals surface area contributed by atoms with Crippen LogP contribution < -0.4 is 5.73 Å². The van der Waals surface area contributed by atoms with E-state index in [1.807, 2.05) is 30.3 Å². The van der Waals surface area contributed by atoms with Gasteiger partial charge in [-0.05, 0) is 5.56 Å². The number of ether oxygens (including phenoxy) is 1. The van der Waals surface area contributed by atoms with Crippen molar-refractivity contribution in [3.8, 4) is 6.07 Å². The van der Waals surface area contributed by atoms with Crippen LogP contribution in [0.15, 0.2) is 41.8 Å². The smallest absolute Gasteiger partial charge is 0.198 e. The third-order valence-corrected chi connectivity index (χ3v) is 2.34. The zero-order chi connectivity index (χ0) is 9.97. The van der Waals surface area contributed by atoms with Crippen LogP contribution in [0.4, 0.5) is 0 Å². The standard InChI is InChI=1S/C11H10N2O/c12-6-9-10(7-14-11(9)13)8-4-2-1-3-5-8/h1-5,10H,7,13H2/t10-/m0/s1. The Balaban J connectivity index is 2.35. The number of nitrogens with zero attached hydrogens (tertiary/aromatic N) is 1. The Morgan fingerprint density at radius 1 is 1.36 bits per heavy atom. The molecule has 70 valence electrons. The number of hydrogen-bond donors (Lipinski definition) is 1. The van der Waals surface area contributed by atoms with Gasteiger partial charge in [-0.3, -0.25) is 0 Å². The van der Waals surface area contributed by atoms with Gasteiger partial charge < -0.3 is 10.5 Å². The Morgan fingerprint density at radius 2 is 2.07 bits per heavy atom. The maximum Gasteiger partial charge on any atom is 0.198 e. The van der Waals surface area contributed by atoms with Gasteiger partial charge in [0.05, 0.1) is 11.5 Å². The Labute approximate surface area is 82.4 Å². The van der Waals surface area contributed by atoms with Gasteiger partial charge in [0.1, 0.15) is 12.7 Å². The van der Waals surface area contributed by atoms with Gasteiger partial charge in [-0.25, -0.2) is 0 Å². The monoisotopic (exact) mass is 186 g/mol. The van der Waals surface area contributed by atoms with Gasteiger partial charge in [0.15, 0.2) is 5.88 Å². The van der Waals surface area contributed by atoms with E-state index in [4.69, 9.17) is 15.7 Å². The minimum absolute atomic E-state index is 0.00111. The molecule has 0 saturated carbocycles. The van der Waals surface area contributed by atoms with Crippen LogP contribution in [-0.4, -0.2) is 6.61 Å². The summed E-state index contributed by atoms with van der Waals surface area (Å²) < 4.78 is 5.16. The molecule has 0 aliphatic carbocycles. The van der Waals surface area contributed by atoms with Gasteiger partial charge >= 0.3 is 0 Å². The topological polar surface area (TPSA) is 59.0 Å². The molecule has 1 aromatic rings. The lowest BCUT2D eigenvalue weighted by molar-refractivity contribution is 0.232. The molecule has 1 heterocycles. The van der Waals surface area contributed by atoms with Gasteiger partial charge in [-0.1, -0.05) is 30.3 Å². The minimum atomic E-state index is 0.00111. The fourth-order valence-electron chi connectivity index (χ4n) is 1.59. The van der Waals surface area contributed by atoms with Crippen LogP contribution in [0.25, 0.3) is 0 Å². The van der Waals surface area contributed by atoms with Crippen molar-refractivity contribution in [1.82, 2.24) is 0 Å². The third kappa shape index (κ3) is 1.31. The summed E-state index contributed by atoms with van der Waals surface area (Å²) in [5.74, 6) is 0.266. The summed E-state index contributed by atoms with van der Waals surface area (Å²) in [6.45, 7) is 0.471. The fourth-order valence-corrected chi connectivity index (χ4v) is 1.59. The third-order valence-electron chi connectivity index (χ3n) is 2.34. The molecule has 0 amide bonds. The maximum atomic E-state index is 8.90. The highest BCUT2D eigenvalue weighted by Gasteiger charge is 2.27. The number of hydrogen-bond acceptors (Lipinski definition) is 3. The summed E-state index contributed by atoms with van der Waals surface area (Å²) in [7, 11) is 0. The first-order chi connectivity index (χ1) is 6.83. The molecule has 1 aliphatic rings. The van der Waals surface area contributed by atoms with Crippen LogP contribution in [0.1, 0.15) is 11.5 Å². The molecule has 0 saturated heterocycles. The first-order valence-corrected chi connectivity index (χ1v) is 4.40. The van der Waals surface area contributed by atoms with Crippen molar-refractivity contribution in [3.05, 3.63) is 47.4 Å². The Hall–Kier alpha value is -1.95. The molecule has 1 aliphatic heterocycles. The van der Waals surface area contributed by atoms with Crippen LogP contribution in [0.2, 0.25) is 0 Å². The molecule has 2 rings (SSSR count). The predicted octanol–water partition coefficient (Wildman–Crippen LogP) is 1.49. The lowest BCUT2D eigenvalue weighted by Crippen LogP contribution is -2.01. The molecule has 0 aromatic heterocycles. The number of nitrogens with two attached hydrogens (primary N) is 1. The normalized spacial score (nSPS) is 20.4. The second-order valence-electron chi connectivity index (χ2n) is 3.16. The van der Waals surface area contributed by atoms with E-state index >= 15 is 0 Å². The lowest BCUT2D eigenvalue weighted by Gasteiger charge is -2.06. The molecular weight excluding hydrogens is 176 g/mol. The molecule has 2 N–H and O–H groups in total. The van der Waals surface area contributed by atoms with Crippen molar-refractivity contribution in [2.75, 3.05) is 6.61 Å². The quantitative estimate of drug-likeness (QED) is 0.722.